The first kappa shape index (κ1) is 23.3. The molecule has 0 fully saturated rings. The smallest absolute Gasteiger partial charge is 0.311 e. The van der Waals surface area contributed by atoms with E-state index < -0.39 is 16.0 Å². The van der Waals surface area contributed by atoms with Crippen molar-refractivity contribution in [2.45, 2.75) is 18.2 Å². The van der Waals surface area contributed by atoms with Gasteiger partial charge in [-0.05, 0) is 48.4 Å². The largest absolute Gasteiger partial charge is 0.497 e. The SMILES string of the molecule is CCOC(=O)Cc1c(-c2ccccc2)cc(-c2ccccc2)n1S(=O)(=O)c1ccc(OC)cc1. The molecule has 7 heteroatoms. The van der Waals surface area contributed by atoms with Crippen LogP contribution in [0, 0.1) is 0 Å². The molecule has 0 aliphatic rings. The summed E-state index contributed by atoms with van der Waals surface area (Å²) in [4.78, 5) is 12.7. The average molecular weight is 476 g/mol. The molecule has 0 aliphatic carbocycles. The van der Waals surface area contributed by atoms with Crippen LogP contribution in [-0.2, 0) is 26.0 Å². The fourth-order valence-electron chi connectivity index (χ4n) is 3.85. The number of methoxy groups -OCH3 is 1. The van der Waals surface area contributed by atoms with Crippen molar-refractivity contribution in [2.24, 2.45) is 0 Å². The maximum absolute atomic E-state index is 14.0. The summed E-state index contributed by atoms with van der Waals surface area (Å²) in [5.41, 5.74) is 2.99. The number of ether oxygens (including phenoxy) is 2. The van der Waals surface area contributed by atoms with Gasteiger partial charge in [0.2, 0.25) is 0 Å². The number of carbonyl (C=O) groups is 1. The Kier molecular flexibility index (Phi) is 6.84. The van der Waals surface area contributed by atoms with Crippen LogP contribution in [0.25, 0.3) is 22.4 Å². The summed E-state index contributed by atoms with van der Waals surface area (Å²) in [6, 6.07) is 26.7. The minimum absolute atomic E-state index is 0.0887. The summed E-state index contributed by atoms with van der Waals surface area (Å²) in [6.45, 7) is 1.93. The standard InChI is InChI=1S/C27H25NO5S/c1-3-33-27(29)19-26-24(20-10-6-4-7-11-20)18-25(21-12-8-5-9-13-21)28(26)34(30,31)23-16-14-22(32-2)15-17-23/h4-18H,3,19H2,1-2H3. The molecule has 0 unspecified atom stereocenters. The third kappa shape index (κ3) is 4.61. The zero-order valence-electron chi connectivity index (χ0n) is 19.0. The highest BCUT2D eigenvalue weighted by atomic mass is 32.2. The first-order chi connectivity index (χ1) is 16.5. The van der Waals surface area contributed by atoms with E-state index in [0.717, 1.165) is 5.56 Å². The van der Waals surface area contributed by atoms with Crippen molar-refractivity contribution in [3.8, 4) is 28.1 Å². The summed E-state index contributed by atoms with van der Waals surface area (Å²) in [6.07, 6.45) is -0.194. The van der Waals surface area contributed by atoms with E-state index in [1.165, 1.54) is 23.2 Å². The topological polar surface area (TPSA) is 74.6 Å². The molecule has 0 saturated heterocycles. The van der Waals surface area contributed by atoms with Gasteiger partial charge in [0.15, 0.2) is 0 Å². The van der Waals surface area contributed by atoms with Crippen LogP contribution in [0.3, 0.4) is 0 Å². The lowest BCUT2D eigenvalue weighted by molar-refractivity contribution is -0.142. The van der Waals surface area contributed by atoms with Crippen molar-refractivity contribution in [3.63, 3.8) is 0 Å². The van der Waals surface area contributed by atoms with Crippen LogP contribution in [0.2, 0.25) is 0 Å². The zero-order valence-corrected chi connectivity index (χ0v) is 19.8. The number of rotatable bonds is 8. The Morgan fingerprint density at radius 2 is 1.44 bits per heavy atom. The molecule has 174 valence electrons. The van der Waals surface area contributed by atoms with Crippen LogP contribution >= 0.6 is 0 Å². The molecule has 6 nitrogen and oxygen atoms in total. The van der Waals surface area contributed by atoms with Crippen LogP contribution in [-0.4, -0.2) is 32.1 Å². The highest BCUT2D eigenvalue weighted by Crippen LogP contribution is 2.36. The molecule has 0 N–H and O–H groups in total. The normalized spacial score (nSPS) is 11.2. The minimum Gasteiger partial charge on any atom is -0.497 e. The summed E-state index contributed by atoms with van der Waals surface area (Å²) in [5, 5.41) is 0. The second-order valence-corrected chi connectivity index (χ2v) is 9.34. The fraction of sp³-hybridized carbons (Fsp3) is 0.148. The maximum Gasteiger partial charge on any atom is 0.311 e. The van der Waals surface area contributed by atoms with E-state index in [9.17, 15) is 13.2 Å². The molecule has 1 aromatic heterocycles. The van der Waals surface area contributed by atoms with Crippen LogP contribution in [0.4, 0.5) is 0 Å². The van der Waals surface area contributed by atoms with E-state index in [2.05, 4.69) is 0 Å². The Labute approximate surface area is 199 Å². The van der Waals surface area contributed by atoms with E-state index in [1.54, 1.807) is 19.1 Å². The first-order valence-electron chi connectivity index (χ1n) is 10.9. The molecular formula is C27H25NO5S. The van der Waals surface area contributed by atoms with Gasteiger partial charge >= 0.3 is 5.97 Å². The molecule has 0 radical (unpaired) electrons. The number of esters is 1. The molecular weight excluding hydrogens is 450 g/mol. The van der Waals surface area contributed by atoms with Gasteiger partial charge in [0.1, 0.15) is 5.75 Å². The number of nitrogens with zero attached hydrogens (tertiary/aromatic N) is 1. The predicted octanol–water partition coefficient (Wildman–Crippen LogP) is 5.17. The lowest BCUT2D eigenvalue weighted by atomic mass is 10.0. The van der Waals surface area contributed by atoms with Gasteiger partial charge in [-0.15, -0.1) is 0 Å². The third-order valence-corrected chi connectivity index (χ3v) is 7.19. The number of carbonyl (C=O) groups excluding carboxylic acids is 1. The van der Waals surface area contributed by atoms with Gasteiger partial charge in [-0.3, -0.25) is 4.79 Å². The van der Waals surface area contributed by atoms with Gasteiger partial charge in [-0.1, -0.05) is 60.7 Å². The molecule has 3 aromatic carbocycles. The van der Waals surface area contributed by atoms with E-state index in [4.69, 9.17) is 9.47 Å². The van der Waals surface area contributed by atoms with Gasteiger partial charge < -0.3 is 9.47 Å². The summed E-state index contributed by atoms with van der Waals surface area (Å²) in [7, 11) is -2.55. The Balaban J connectivity index is 2.02. The molecule has 1 heterocycles. The number of hydrogen-bond acceptors (Lipinski definition) is 5. The van der Waals surface area contributed by atoms with Gasteiger partial charge in [0.05, 0.1) is 36.4 Å². The van der Waals surface area contributed by atoms with Crippen LogP contribution in [0.1, 0.15) is 12.6 Å². The molecule has 0 atom stereocenters. The van der Waals surface area contributed by atoms with E-state index in [1.807, 2.05) is 66.7 Å². The molecule has 0 amide bonds. The van der Waals surface area contributed by atoms with Crippen molar-refractivity contribution in [1.82, 2.24) is 3.97 Å². The highest BCUT2D eigenvalue weighted by molar-refractivity contribution is 7.90. The van der Waals surface area contributed by atoms with E-state index in [-0.39, 0.29) is 17.9 Å². The van der Waals surface area contributed by atoms with Crippen LogP contribution in [0.15, 0.2) is 95.9 Å². The van der Waals surface area contributed by atoms with Crippen molar-refractivity contribution in [3.05, 3.63) is 96.7 Å². The first-order valence-corrected chi connectivity index (χ1v) is 12.3. The van der Waals surface area contributed by atoms with Crippen molar-refractivity contribution >= 4 is 16.0 Å². The van der Waals surface area contributed by atoms with Crippen molar-refractivity contribution in [2.75, 3.05) is 13.7 Å². The number of benzene rings is 3. The molecule has 4 rings (SSSR count). The Bertz CT molecular complexity index is 1380. The summed E-state index contributed by atoms with van der Waals surface area (Å²) >= 11 is 0. The lowest BCUT2D eigenvalue weighted by Gasteiger charge is -2.16. The maximum atomic E-state index is 14.0. The lowest BCUT2D eigenvalue weighted by Crippen LogP contribution is -2.20. The van der Waals surface area contributed by atoms with Crippen molar-refractivity contribution < 1.29 is 22.7 Å². The predicted molar refractivity (Wildman–Crippen MR) is 131 cm³/mol. The van der Waals surface area contributed by atoms with Gasteiger partial charge in [-0.25, -0.2) is 12.4 Å². The zero-order chi connectivity index (χ0) is 24.1. The third-order valence-electron chi connectivity index (χ3n) is 5.43. The van der Waals surface area contributed by atoms with E-state index in [0.29, 0.717) is 28.3 Å². The Hall–Kier alpha value is -3.84. The average Bonchev–Trinajstić information content (AvgIpc) is 3.25. The monoisotopic (exact) mass is 475 g/mol. The van der Waals surface area contributed by atoms with Crippen LogP contribution in [0.5, 0.6) is 5.75 Å². The van der Waals surface area contributed by atoms with Gasteiger partial charge in [0.25, 0.3) is 10.0 Å². The van der Waals surface area contributed by atoms with Gasteiger partial charge in [0, 0.05) is 5.56 Å². The molecule has 34 heavy (non-hydrogen) atoms. The molecule has 0 saturated carbocycles. The number of aromatic nitrogens is 1. The summed E-state index contributed by atoms with van der Waals surface area (Å²) in [5.74, 6) is 0.0510. The number of hydrogen-bond donors (Lipinski definition) is 0. The Morgan fingerprint density at radius 3 is 2.00 bits per heavy atom. The van der Waals surface area contributed by atoms with Crippen molar-refractivity contribution in [1.29, 1.82) is 0 Å². The van der Waals surface area contributed by atoms with Gasteiger partial charge in [-0.2, -0.15) is 0 Å². The van der Waals surface area contributed by atoms with Crippen LogP contribution < -0.4 is 4.74 Å². The minimum atomic E-state index is -4.07. The second kappa shape index (κ2) is 9.97. The quantitative estimate of drug-likeness (QED) is 0.329. The molecule has 4 aromatic rings. The highest BCUT2D eigenvalue weighted by Gasteiger charge is 2.29. The Morgan fingerprint density at radius 1 is 0.853 bits per heavy atom. The van der Waals surface area contributed by atoms with E-state index >= 15 is 0 Å². The second-order valence-electron chi connectivity index (χ2n) is 7.55. The molecule has 0 aliphatic heterocycles. The summed E-state index contributed by atoms with van der Waals surface area (Å²) < 4.78 is 39.6. The molecule has 0 bridgehead atoms. The molecule has 0 spiro atoms. The fourth-order valence-corrected chi connectivity index (χ4v) is 5.41.